The number of nitrogens with zero attached hydrogens (tertiary/aromatic N) is 3. The van der Waals surface area contributed by atoms with E-state index in [1.807, 2.05) is 38.1 Å². The number of rotatable bonds is 6. The molecule has 1 amide bonds. The van der Waals surface area contributed by atoms with Crippen molar-refractivity contribution in [3.05, 3.63) is 70.8 Å². The normalized spacial score (nSPS) is 10.3. The molecule has 7 heteroatoms. The summed E-state index contributed by atoms with van der Waals surface area (Å²) >= 11 is 0. The zero-order chi connectivity index (χ0) is 22.2. The Morgan fingerprint density at radius 3 is 2.68 bits per heavy atom. The van der Waals surface area contributed by atoms with Crippen molar-refractivity contribution in [2.75, 3.05) is 26.0 Å². The zero-order valence-corrected chi connectivity index (χ0v) is 17.9. The number of ether oxygens (including phenoxy) is 1. The number of aromatic nitrogens is 3. The van der Waals surface area contributed by atoms with Gasteiger partial charge in [-0.1, -0.05) is 24.8 Å². The fourth-order valence-electron chi connectivity index (χ4n) is 3.08. The van der Waals surface area contributed by atoms with Crippen LogP contribution in [0, 0.1) is 18.8 Å². The van der Waals surface area contributed by atoms with Crippen molar-refractivity contribution in [3.63, 3.8) is 0 Å². The van der Waals surface area contributed by atoms with Crippen LogP contribution in [0.2, 0.25) is 0 Å². The Balaban J connectivity index is 1.97. The quantitative estimate of drug-likeness (QED) is 0.474. The number of benzene rings is 1. The molecule has 0 aliphatic carbocycles. The van der Waals surface area contributed by atoms with Crippen LogP contribution in [0.15, 0.2) is 42.9 Å². The van der Waals surface area contributed by atoms with E-state index in [1.165, 1.54) is 0 Å². The molecule has 2 heterocycles. The minimum atomic E-state index is -0.131. The number of pyridine rings is 1. The van der Waals surface area contributed by atoms with Gasteiger partial charge in [-0.25, -0.2) is 15.0 Å². The summed E-state index contributed by atoms with van der Waals surface area (Å²) < 4.78 is 4.98. The van der Waals surface area contributed by atoms with Crippen LogP contribution in [0.25, 0.3) is 11.3 Å². The zero-order valence-electron chi connectivity index (χ0n) is 17.9. The Kier molecular flexibility index (Phi) is 7.31. The second-order valence-electron chi connectivity index (χ2n) is 6.90. The van der Waals surface area contributed by atoms with Gasteiger partial charge in [-0.3, -0.25) is 4.79 Å². The van der Waals surface area contributed by atoms with Crippen molar-refractivity contribution >= 4 is 11.7 Å². The van der Waals surface area contributed by atoms with Crippen LogP contribution in [0.3, 0.4) is 0 Å². The monoisotopic (exact) mass is 415 g/mol. The summed E-state index contributed by atoms with van der Waals surface area (Å²) in [5.74, 6) is 6.65. The second kappa shape index (κ2) is 10.3. The van der Waals surface area contributed by atoms with Gasteiger partial charge in [0.25, 0.3) is 5.91 Å². The molecule has 2 aromatic heterocycles. The number of aryl methyl sites for hydroxylation is 2. The van der Waals surface area contributed by atoms with E-state index >= 15 is 0 Å². The van der Waals surface area contributed by atoms with E-state index in [2.05, 4.69) is 32.1 Å². The molecule has 0 bridgehead atoms. The van der Waals surface area contributed by atoms with Gasteiger partial charge in [0.2, 0.25) is 0 Å². The highest BCUT2D eigenvalue weighted by atomic mass is 16.5. The first-order valence-electron chi connectivity index (χ1n) is 9.99. The van der Waals surface area contributed by atoms with Gasteiger partial charge in [0.1, 0.15) is 12.1 Å². The summed E-state index contributed by atoms with van der Waals surface area (Å²) in [5.41, 5.74) is 11.1. The summed E-state index contributed by atoms with van der Waals surface area (Å²) in [6, 6.07) is 9.18. The number of hydrogen-bond acceptors (Lipinski definition) is 6. The maximum Gasteiger partial charge on any atom is 0.251 e. The molecule has 1 aromatic carbocycles. The number of nitrogen functional groups attached to an aromatic ring is 1. The van der Waals surface area contributed by atoms with E-state index in [4.69, 9.17) is 10.5 Å². The predicted octanol–water partition coefficient (Wildman–Crippen LogP) is 2.77. The van der Waals surface area contributed by atoms with Crippen molar-refractivity contribution in [1.29, 1.82) is 0 Å². The molecule has 158 valence electrons. The Labute approximate surface area is 182 Å². The van der Waals surface area contributed by atoms with E-state index < -0.39 is 0 Å². The molecule has 0 fully saturated rings. The third-order valence-electron chi connectivity index (χ3n) is 4.72. The van der Waals surface area contributed by atoms with Gasteiger partial charge in [0, 0.05) is 36.5 Å². The summed E-state index contributed by atoms with van der Waals surface area (Å²) in [5, 5.41) is 2.85. The van der Waals surface area contributed by atoms with Crippen molar-refractivity contribution in [3.8, 4) is 23.1 Å². The lowest BCUT2D eigenvalue weighted by Gasteiger charge is -2.11. The van der Waals surface area contributed by atoms with E-state index in [-0.39, 0.29) is 5.91 Å². The molecule has 3 rings (SSSR count). The van der Waals surface area contributed by atoms with Crippen LogP contribution in [0.5, 0.6) is 0 Å². The first kappa shape index (κ1) is 21.9. The molecule has 0 radical (unpaired) electrons. The number of hydrogen-bond donors (Lipinski definition) is 2. The fraction of sp³-hybridized carbons (Fsp3) is 0.250. The van der Waals surface area contributed by atoms with Crippen LogP contribution in [-0.4, -0.2) is 41.1 Å². The smallest absolute Gasteiger partial charge is 0.251 e. The summed E-state index contributed by atoms with van der Waals surface area (Å²) in [7, 11) is 1.60. The first-order chi connectivity index (χ1) is 15.0. The Bertz CT molecular complexity index is 1130. The third-order valence-corrected chi connectivity index (χ3v) is 4.72. The largest absolute Gasteiger partial charge is 0.384 e. The highest BCUT2D eigenvalue weighted by molar-refractivity contribution is 5.96. The van der Waals surface area contributed by atoms with Gasteiger partial charge in [0.05, 0.1) is 23.6 Å². The highest BCUT2D eigenvalue weighted by Gasteiger charge is 2.14. The van der Waals surface area contributed by atoms with E-state index in [9.17, 15) is 4.79 Å². The number of amides is 1. The molecule has 0 unspecified atom stereocenters. The average Bonchev–Trinajstić information content (AvgIpc) is 2.78. The predicted molar refractivity (Wildman–Crippen MR) is 120 cm³/mol. The van der Waals surface area contributed by atoms with Crippen molar-refractivity contribution in [2.45, 2.75) is 20.3 Å². The molecule has 0 aliphatic rings. The van der Waals surface area contributed by atoms with E-state index in [1.54, 1.807) is 25.7 Å². The molecule has 3 N–H and O–H groups in total. The van der Waals surface area contributed by atoms with Gasteiger partial charge >= 0.3 is 0 Å². The molecule has 0 atom stereocenters. The molecule has 3 aromatic rings. The van der Waals surface area contributed by atoms with Crippen molar-refractivity contribution in [2.24, 2.45) is 0 Å². The van der Waals surface area contributed by atoms with Gasteiger partial charge in [-0.15, -0.1) is 0 Å². The lowest BCUT2D eigenvalue weighted by molar-refractivity contribution is 0.0936. The van der Waals surface area contributed by atoms with Crippen LogP contribution in [0.1, 0.15) is 39.7 Å². The Hall–Kier alpha value is -3.76. The summed E-state index contributed by atoms with van der Waals surface area (Å²) in [4.78, 5) is 25.4. The van der Waals surface area contributed by atoms with Crippen molar-refractivity contribution < 1.29 is 9.53 Å². The summed E-state index contributed by atoms with van der Waals surface area (Å²) in [6.07, 6.45) is 3.90. The van der Waals surface area contributed by atoms with Crippen LogP contribution in [0.4, 0.5) is 5.82 Å². The standard InChI is InChI=1S/C24H25N5O2/c1-4-21-20(8-5-17-6-10-22(25)27-14-17)23(29-15-28-21)18-7-9-19(16(2)13-18)24(30)26-11-12-31-3/h6-7,9-10,13-15H,4,11-12H2,1-3H3,(H2,25,27)(H,26,30). The maximum atomic E-state index is 12.4. The summed E-state index contributed by atoms with van der Waals surface area (Å²) in [6.45, 7) is 4.86. The van der Waals surface area contributed by atoms with Crippen molar-refractivity contribution in [1.82, 2.24) is 20.3 Å². The van der Waals surface area contributed by atoms with Gasteiger partial charge < -0.3 is 15.8 Å². The van der Waals surface area contributed by atoms with Gasteiger partial charge in [-0.05, 0) is 43.2 Å². The van der Waals surface area contributed by atoms with E-state index in [0.717, 1.165) is 40.1 Å². The number of carbonyl (C=O) groups is 1. The first-order valence-corrected chi connectivity index (χ1v) is 9.99. The lowest BCUT2D eigenvalue weighted by atomic mass is 9.98. The molecule has 31 heavy (non-hydrogen) atoms. The molecule has 0 aliphatic heterocycles. The maximum absolute atomic E-state index is 12.4. The minimum Gasteiger partial charge on any atom is -0.384 e. The number of nitrogens with one attached hydrogen (secondary N) is 1. The lowest BCUT2D eigenvalue weighted by Crippen LogP contribution is -2.27. The fourth-order valence-corrected chi connectivity index (χ4v) is 3.08. The van der Waals surface area contributed by atoms with E-state index in [0.29, 0.717) is 24.5 Å². The number of nitrogens with two attached hydrogens (primary N) is 1. The Morgan fingerprint density at radius 1 is 1.16 bits per heavy atom. The molecule has 0 spiro atoms. The van der Waals surface area contributed by atoms with Gasteiger partial charge in [0.15, 0.2) is 0 Å². The minimum absolute atomic E-state index is 0.131. The third kappa shape index (κ3) is 5.44. The SMILES string of the molecule is CCc1ncnc(-c2ccc(C(=O)NCCOC)c(C)c2)c1C#Cc1ccc(N)nc1. The number of carbonyl (C=O) groups excluding carboxylic acids is 1. The number of anilines is 1. The van der Waals surface area contributed by atoms with Gasteiger partial charge in [-0.2, -0.15) is 0 Å². The van der Waals surface area contributed by atoms with Crippen LogP contribution < -0.4 is 11.1 Å². The second-order valence-corrected chi connectivity index (χ2v) is 6.90. The van der Waals surface area contributed by atoms with Crippen LogP contribution >= 0.6 is 0 Å². The molecule has 7 nitrogen and oxygen atoms in total. The molecular weight excluding hydrogens is 390 g/mol. The molecular formula is C24H25N5O2. The highest BCUT2D eigenvalue weighted by Crippen LogP contribution is 2.25. The molecule has 0 saturated heterocycles. The van der Waals surface area contributed by atoms with Crippen LogP contribution in [-0.2, 0) is 11.2 Å². The topological polar surface area (TPSA) is 103 Å². The average molecular weight is 415 g/mol. The molecule has 0 saturated carbocycles. The Morgan fingerprint density at radius 2 is 2.00 bits per heavy atom. The number of methoxy groups -OCH3 is 1.